The molecule has 0 saturated carbocycles. The molecule has 0 heterocycles. The summed E-state index contributed by atoms with van der Waals surface area (Å²) in [5, 5.41) is 0. The number of nitrogens with zero attached hydrogens (tertiary/aromatic N) is 1. The minimum absolute atomic E-state index is 0.998. The normalized spacial score (nSPS) is 11.9. The summed E-state index contributed by atoms with van der Waals surface area (Å²) in [6.07, 6.45) is 8.33. The summed E-state index contributed by atoms with van der Waals surface area (Å²) in [5.74, 6) is 0. The summed E-state index contributed by atoms with van der Waals surface area (Å²) in [6, 6.07) is 0. The Hall–Kier alpha value is -1.11. The van der Waals surface area contributed by atoms with Gasteiger partial charge in [-0.25, -0.2) is 0 Å². The van der Waals surface area contributed by atoms with Crippen LogP contribution in [0.15, 0.2) is 41.6 Å². The van der Waals surface area contributed by atoms with E-state index in [-0.39, 0.29) is 0 Å². The molecular weight excluding hydrogens is 122 g/mol. The topological polar surface area (TPSA) is 12.4 Å². The summed E-state index contributed by atoms with van der Waals surface area (Å²) in [5.41, 5.74) is 1.21. The Labute approximate surface area is 62.5 Å². The predicted molar refractivity (Wildman–Crippen MR) is 47.3 cm³/mol. The fourth-order valence-electron chi connectivity index (χ4n) is 0.591. The van der Waals surface area contributed by atoms with Gasteiger partial charge in [-0.3, -0.25) is 4.99 Å². The Balaban J connectivity index is 4.06. The van der Waals surface area contributed by atoms with Gasteiger partial charge >= 0.3 is 0 Å². The quantitative estimate of drug-likeness (QED) is 0.415. The number of hydrogen-bond donors (Lipinski definition) is 0. The first-order valence-corrected chi connectivity index (χ1v) is 3.29. The highest BCUT2D eigenvalue weighted by molar-refractivity contribution is 5.28. The zero-order valence-corrected chi connectivity index (χ0v) is 6.38. The Morgan fingerprint density at radius 2 is 2.30 bits per heavy atom. The first-order chi connectivity index (χ1) is 4.85. The number of rotatable bonds is 4. The standard InChI is InChI=1S/C9H13N/c1-4-6-9(5-2)7-8-10-3/h4,6-8H,1,3,5H2,2H3/b8-7-,9-6+. The summed E-state index contributed by atoms with van der Waals surface area (Å²) in [7, 11) is 0. The van der Waals surface area contributed by atoms with Crippen molar-refractivity contribution < 1.29 is 0 Å². The molecule has 0 aromatic rings. The molecule has 1 nitrogen and oxygen atoms in total. The molecule has 0 rings (SSSR count). The van der Waals surface area contributed by atoms with Crippen molar-refractivity contribution in [3.63, 3.8) is 0 Å². The van der Waals surface area contributed by atoms with E-state index in [1.54, 1.807) is 12.3 Å². The van der Waals surface area contributed by atoms with E-state index in [4.69, 9.17) is 0 Å². The second-order valence-corrected chi connectivity index (χ2v) is 1.83. The number of allylic oxidation sites excluding steroid dienone is 4. The van der Waals surface area contributed by atoms with Crippen LogP contribution in [0, 0.1) is 0 Å². The van der Waals surface area contributed by atoms with Crippen LogP contribution in [0.4, 0.5) is 0 Å². The van der Waals surface area contributed by atoms with E-state index in [0.29, 0.717) is 0 Å². The van der Waals surface area contributed by atoms with E-state index >= 15 is 0 Å². The Kier molecular flexibility index (Phi) is 5.35. The third-order valence-electron chi connectivity index (χ3n) is 1.13. The van der Waals surface area contributed by atoms with E-state index in [1.807, 2.05) is 12.2 Å². The third kappa shape index (κ3) is 3.84. The number of aliphatic imine (C=N–C) groups is 1. The van der Waals surface area contributed by atoms with Gasteiger partial charge in [0, 0.05) is 6.20 Å². The average molecular weight is 135 g/mol. The zero-order chi connectivity index (χ0) is 7.82. The zero-order valence-electron chi connectivity index (χ0n) is 6.38. The van der Waals surface area contributed by atoms with Crippen molar-refractivity contribution in [2.24, 2.45) is 4.99 Å². The fraction of sp³-hybridized carbons (Fsp3) is 0.222. The predicted octanol–water partition coefficient (Wildman–Crippen LogP) is 2.72. The van der Waals surface area contributed by atoms with E-state index in [0.717, 1.165) is 6.42 Å². The highest BCUT2D eigenvalue weighted by atomic mass is 14.6. The van der Waals surface area contributed by atoms with Crippen molar-refractivity contribution in [1.82, 2.24) is 0 Å². The van der Waals surface area contributed by atoms with Gasteiger partial charge in [-0.05, 0) is 24.8 Å². The maximum atomic E-state index is 3.60. The molecular formula is C9H13N. The molecule has 1 heteroatoms. The van der Waals surface area contributed by atoms with Gasteiger partial charge < -0.3 is 0 Å². The van der Waals surface area contributed by atoms with Gasteiger partial charge in [-0.2, -0.15) is 0 Å². The molecule has 0 saturated heterocycles. The highest BCUT2D eigenvalue weighted by Gasteiger charge is 1.81. The molecule has 0 fully saturated rings. The molecule has 0 aliphatic carbocycles. The molecule has 0 aromatic heterocycles. The molecule has 0 radical (unpaired) electrons. The van der Waals surface area contributed by atoms with Gasteiger partial charge in [0.25, 0.3) is 0 Å². The average Bonchev–Trinajstić information content (AvgIpc) is 1.98. The minimum atomic E-state index is 0.998. The van der Waals surface area contributed by atoms with Gasteiger partial charge in [-0.1, -0.05) is 25.7 Å². The molecule has 0 aliphatic heterocycles. The summed E-state index contributed by atoms with van der Waals surface area (Å²) in [6.45, 7) is 9.02. The first kappa shape index (κ1) is 8.89. The van der Waals surface area contributed by atoms with Crippen LogP contribution in [0.5, 0.6) is 0 Å². The van der Waals surface area contributed by atoms with Crippen molar-refractivity contribution >= 4 is 6.72 Å². The van der Waals surface area contributed by atoms with Crippen molar-refractivity contribution in [2.45, 2.75) is 13.3 Å². The van der Waals surface area contributed by atoms with Crippen molar-refractivity contribution in [2.75, 3.05) is 0 Å². The minimum Gasteiger partial charge on any atom is -0.273 e. The second kappa shape index (κ2) is 6.02. The van der Waals surface area contributed by atoms with Crippen molar-refractivity contribution in [3.8, 4) is 0 Å². The Morgan fingerprint density at radius 1 is 1.60 bits per heavy atom. The SMILES string of the molecule is C=C/C=C(/C=C\N=C)CC. The molecule has 0 amide bonds. The van der Waals surface area contributed by atoms with Crippen LogP contribution in [0.3, 0.4) is 0 Å². The molecule has 0 bridgehead atoms. The van der Waals surface area contributed by atoms with Gasteiger partial charge in [0.05, 0.1) is 0 Å². The van der Waals surface area contributed by atoms with Crippen molar-refractivity contribution in [3.05, 3.63) is 36.6 Å². The van der Waals surface area contributed by atoms with Crippen molar-refractivity contribution in [1.29, 1.82) is 0 Å². The maximum Gasteiger partial charge on any atom is 0.0263 e. The molecule has 0 aromatic carbocycles. The van der Waals surface area contributed by atoms with Crippen LogP contribution in [0.1, 0.15) is 13.3 Å². The van der Waals surface area contributed by atoms with Crippen LogP contribution < -0.4 is 0 Å². The highest BCUT2D eigenvalue weighted by Crippen LogP contribution is 2.01. The monoisotopic (exact) mass is 135 g/mol. The maximum absolute atomic E-state index is 3.60. The molecule has 0 unspecified atom stereocenters. The smallest absolute Gasteiger partial charge is 0.0263 e. The summed E-state index contributed by atoms with van der Waals surface area (Å²) in [4.78, 5) is 3.60. The summed E-state index contributed by atoms with van der Waals surface area (Å²) >= 11 is 0. The third-order valence-corrected chi connectivity index (χ3v) is 1.13. The number of hydrogen-bond acceptors (Lipinski definition) is 1. The van der Waals surface area contributed by atoms with Crippen LogP contribution in [-0.4, -0.2) is 6.72 Å². The van der Waals surface area contributed by atoms with Gasteiger partial charge in [-0.15, -0.1) is 0 Å². The van der Waals surface area contributed by atoms with Crippen LogP contribution in [0.25, 0.3) is 0 Å². The molecule has 0 N–H and O–H groups in total. The van der Waals surface area contributed by atoms with Crippen LogP contribution >= 0.6 is 0 Å². The fourth-order valence-corrected chi connectivity index (χ4v) is 0.591. The Morgan fingerprint density at radius 3 is 2.70 bits per heavy atom. The molecule has 10 heavy (non-hydrogen) atoms. The molecule has 54 valence electrons. The van der Waals surface area contributed by atoms with E-state index in [1.165, 1.54) is 5.57 Å². The lowest BCUT2D eigenvalue weighted by molar-refractivity contribution is 1.15. The van der Waals surface area contributed by atoms with E-state index < -0.39 is 0 Å². The Bertz CT molecular complexity index is 164. The molecule has 0 aliphatic rings. The molecule has 0 atom stereocenters. The lowest BCUT2D eigenvalue weighted by Gasteiger charge is -1.90. The van der Waals surface area contributed by atoms with Gasteiger partial charge in [0.15, 0.2) is 0 Å². The molecule has 0 spiro atoms. The van der Waals surface area contributed by atoms with Crippen LogP contribution in [-0.2, 0) is 0 Å². The largest absolute Gasteiger partial charge is 0.273 e. The lowest BCUT2D eigenvalue weighted by atomic mass is 10.2. The van der Waals surface area contributed by atoms with Gasteiger partial charge in [0.1, 0.15) is 0 Å². The van der Waals surface area contributed by atoms with E-state index in [9.17, 15) is 0 Å². The second-order valence-electron chi connectivity index (χ2n) is 1.83. The van der Waals surface area contributed by atoms with Crippen LogP contribution in [0.2, 0.25) is 0 Å². The van der Waals surface area contributed by atoms with Gasteiger partial charge in [0.2, 0.25) is 0 Å². The first-order valence-electron chi connectivity index (χ1n) is 3.29. The summed E-state index contributed by atoms with van der Waals surface area (Å²) < 4.78 is 0. The van der Waals surface area contributed by atoms with E-state index in [2.05, 4.69) is 25.2 Å². The lowest BCUT2D eigenvalue weighted by Crippen LogP contribution is -1.70.